The first-order valence-corrected chi connectivity index (χ1v) is 10.4. The van der Waals surface area contributed by atoms with Gasteiger partial charge in [-0.3, -0.25) is 4.79 Å². The number of amides is 1. The SMILES string of the molecule is COc1ccc(C(=O)N2CCN(c3cc(Oc4cc(C)ccc4Cl)ncn3)CC2)cc1. The lowest BCUT2D eigenvalue weighted by Gasteiger charge is -2.35. The fourth-order valence-electron chi connectivity index (χ4n) is 3.41. The Hall–Kier alpha value is -3.32. The van der Waals surface area contributed by atoms with Crippen LogP contribution in [0.4, 0.5) is 5.82 Å². The Morgan fingerprint density at radius 3 is 2.45 bits per heavy atom. The second kappa shape index (κ2) is 9.22. The summed E-state index contributed by atoms with van der Waals surface area (Å²) in [5, 5.41) is 0.524. The smallest absolute Gasteiger partial charge is 0.253 e. The van der Waals surface area contributed by atoms with Crippen LogP contribution in [0.15, 0.2) is 54.9 Å². The predicted octanol–water partition coefficient (Wildman–Crippen LogP) is 4.20. The van der Waals surface area contributed by atoms with Gasteiger partial charge in [-0.25, -0.2) is 9.97 Å². The summed E-state index contributed by atoms with van der Waals surface area (Å²) in [6.45, 7) is 4.53. The van der Waals surface area contributed by atoms with Gasteiger partial charge in [-0.05, 0) is 48.9 Å². The first-order valence-electron chi connectivity index (χ1n) is 9.98. The van der Waals surface area contributed by atoms with Crippen molar-refractivity contribution < 1.29 is 14.3 Å². The summed E-state index contributed by atoms with van der Waals surface area (Å²) >= 11 is 6.22. The Bertz CT molecular complexity index is 1070. The van der Waals surface area contributed by atoms with Crippen LogP contribution in [0.5, 0.6) is 17.4 Å². The number of carbonyl (C=O) groups excluding carboxylic acids is 1. The zero-order valence-electron chi connectivity index (χ0n) is 17.4. The molecule has 0 radical (unpaired) electrons. The maximum Gasteiger partial charge on any atom is 0.253 e. The monoisotopic (exact) mass is 438 g/mol. The number of aryl methyl sites for hydroxylation is 1. The summed E-state index contributed by atoms with van der Waals surface area (Å²) in [5.41, 5.74) is 1.70. The number of anilines is 1. The number of carbonyl (C=O) groups is 1. The summed E-state index contributed by atoms with van der Waals surface area (Å²) in [7, 11) is 1.61. The van der Waals surface area contributed by atoms with E-state index in [1.54, 1.807) is 43.5 Å². The van der Waals surface area contributed by atoms with E-state index in [-0.39, 0.29) is 5.91 Å². The Morgan fingerprint density at radius 2 is 1.74 bits per heavy atom. The van der Waals surface area contributed by atoms with Crippen molar-refractivity contribution >= 4 is 23.3 Å². The molecule has 0 saturated carbocycles. The zero-order chi connectivity index (χ0) is 21.8. The minimum absolute atomic E-state index is 0.0168. The minimum Gasteiger partial charge on any atom is -0.497 e. The van der Waals surface area contributed by atoms with Gasteiger partial charge in [0.25, 0.3) is 5.91 Å². The molecule has 4 rings (SSSR count). The average molecular weight is 439 g/mol. The van der Waals surface area contributed by atoms with Gasteiger partial charge >= 0.3 is 0 Å². The fraction of sp³-hybridized carbons (Fsp3) is 0.261. The van der Waals surface area contributed by atoms with Crippen LogP contribution in [0.3, 0.4) is 0 Å². The van der Waals surface area contributed by atoms with Crippen molar-refractivity contribution in [3.05, 3.63) is 71.0 Å². The highest BCUT2D eigenvalue weighted by molar-refractivity contribution is 6.32. The van der Waals surface area contributed by atoms with Gasteiger partial charge in [0.15, 0.2) is 0 Å². The van der Waals surface area contributed by atoms with Crippen molar-refractivity contribution in [2.24, 2.45) is 0 Å². The number of methoxy groups -OCH3 is 1. The molecule has 1 aromatic heterocycles. The van der Waals surface area contributed by atoms with Crippen LogP contribution in [-0.4, -0.2) is 54.1 Å². The van der Waals surface area contributed by atoms with Crippen molar-refractivity contribution in [1.82, 2.24) is 14.9 Å². The molecule has 8 heteroatoms. The van der Waals surface area contributed by atoms with Crippen molar-refractivity contribution in [2.45, 2.75) is 6.92 Å². The zero-order valence-corrected chi connectivity index (χ0v) is 18.2. The third-order valence-corrected chi connectivity index (χ3v) is 5.47. The number of hydrogen-bond acceptors (Lipinski definition) is 6. The van der Waals surface area contributed by atoms with E-state index in [2.05, 4.69) is 14.9 Å². The lowest BCUT2D eigenvalue weighted by molar-refractivity contribution is 0.0746. The number of ether oxygens (including phenoxy) is 2. The highest BCUT2D eigenvalue weighted by atomic mass is 35.5. The average Bonchev–Trinajstić information content (AvgIpc) is 2.81. The quantitative estimate of drug-likeness (QED) is 0.594. The summed E-state index contributed by atoms with van der Waals surface area (Å²) < 4.78 is 11.0. The van der Waals surface area contributed by atoms with Crippen LogP contribution in [0.2, 0.25) is 5.02 Å². The van der Waals surface area contributed by atoms with Gasteiger partial charge in [0.1, 0.15) is 23.6 Å². The van der Waals surface area contributed by atoms with Crippen LogP contribution >= 0.6 is 11.6 Å². The molecule has 1 fully saturated rings. The number of rotatable bonds is 5. The second-order valence-electron chi connectivity index (χ2n) is 7.26. The molecule has 2 aromatic carbocycles. The van der Waals surface area contributed by atoms with E-state index in [9.17, 15) is 4.79 Å². The van der Waals surface area contributed by atoms with Gasteiger partial charge in [-0.1, -0.05) is 17.7 Å². The van der Waals surface area contributed by atoms with Crippen molar-refractivity contribution in [3.8, 4) is 17.4 Å². The van der Waals surface area contributed by atoms with E-state index >= 15 is 0 Å². The standard InChI is InChI=1S/C23H23ClN4O3/c1-16-3-8-19(24)20(13-16)31-22-14-21(25-15-26-22)27-9-11-28(12-10-27)23(29)17-4-6-18(30-2)7-5-17/h3-8,13-15H,9-12H2,1-2H3. The molecule has 1 aliphatic heterocycles. The molecule has 0 aliphatic carbocycles. The maximum absolute atomic E-state index is 12.8. The van der Waals surface area contributed by atoms with Gasteiger partial charge in [-0.2, -0.15) is 0 Å². The van der Waals surface area contributed by atoms with E-state index in [1.807, 2.05) is 24.0 Å². The molecule has 1 amide bonds. The fourth-order valence-corrected chi connectivity index (χ4v) is 3.57. The van der Waals surface area contributed by atoms with Gasteiger partial charge in [-0.15, -0.1) is 0 Å². The number of benzene rings is 2. The minimum atomic E-state index is 0.0168. The predicted molar refractivity (Wildman–Crippen MR) is 119 cm³/mol. The van der Waals surface area contributed by atoms with Crippen LogP contribution in [0, 0.1) is 6.92 Å². The summed E-state index contributed by atoms with van der Waals surface area (Å²) in [6, 6.07) is 14.6. The van der Waals surface area contributed by atoms with Crippen LogP contribution in [0.1, 0.15) is 15.9 Å². The highest BCUT2D eigenvalue weighted by Gasteiger charge is 2.23. The lowest BCUT2D eigenvalue weighted by atomic mass is 10.1. The van der Waals surface area contributed by atoms with E-state index < -0.39 is 0 Å². The van der Waals surface area contributed by atoms with E-state index in [0.29, 0.717) is 48.4 Å². The number of nitrogens with zero attached hydrogens (tertiary/aromatic N) is 4. The van der Waals surface area contributed by atoms with Gasteiger partial charge < -0.3 is 19.3 Å². The third kappa shape index (κ3) is 4.88. The van der Waals surface area contributed by atoms with Crippen LogP contribution < -0.4 is 14.4 Å². The normalized spacial score (nSPS) is 13.8. The molecular formula is C23H23ClN4O3. The Kier molecular flexibility index (Phi) is 6.23. The first-order chi connectivity index (χ1) is 15.0. The summed E-state index contributed by atoms with van der Waals surface area (Å²) in [6.07, 6.45) is 1.48. The Labute approximate surface area is 186 Å². The molecule has 0 atom stereocenters. The van der Waals surface area contributed by atoms with Crippen molar-refractivity contribution in [3.63, 3.8) is 0 Å². The van der Waals surface area contributed by atoms with Crippen molar-refractivity contribution in [1.29, 1.82) is 0 Å². The summed E-state index contributed by atoms with van der Waals surface area (Å²) in [5.74, 6) is 2.49. The first kappa shape index (κ1) is 20.9. The number of hydrogen-bond donors (Lipinski definition) is 0. The topological polar surface area (TPSA) is 67.8 Å². The van der Waals surface area contributed by atoms with Crippen LogP contribution in [0.25, 0.3) is 0 Å². The molecule has 160 valence electrons. The third-order valence-electron chi connectivity index (χ3n) is 5.16. The Balaban J connectivity index is 1.40. The Morgan fingerprint density at radius 1 is 1.00 bits per heavy atom. The second-order valence-corrected chi connectivity index (χ2v) is 7.67. The van der Waals surface area contributed by atoms with E-state index in [4.69, 9.17) is 21.1 Å². The van der Waals surface area contributed by atoms with E-state index in [0.717, 1.165) is 17.1 Å². The molecule has 0 unspecified atom stereocenters. The van der Waals surface area contributed by atoms with Crippen LogP contribution in [-0.2, 0) is 0 Å². The molecule has 3 aromatic rings. The van der Waals surface area contributed by atoms with Gasteiger partial charge in [0.2, 0.25) is 5.88 Å². The van der Waals surface area contributed by atoms with Gasteiger partial charge in [0.05, 0.1) is 12.1 Å². The van der Waals surface area contributed by atoms with Crippen molar-refractivity contribution in [2.75, 3.05) is 38.2 Å². The highest BCUT2D eigenvalue weighted by Crippen LogP contribution is 2.30. The molecule has 1 aliphatic rings. The molecule has 1 saturated heterocycles. The van der Waals surface area contributed by atoms with E-state index in [1.165, 1.54) is 6.33 Å². The lowest BCUT2D eigenvalue weighted by Crippen LogP contribution is -2.49. The number of piperazine rings is 1. The molecule has 0 spiro atoms. The number of halogens is 1. The molecule has 7 nitrogen and oxygen atoms in total. The molecule has 31 heavy (non-hydrogen) atoms. The maximum atomic E-state index is 12.8. The molecule has 0 N–H and O–H groups in total. The molecule has 2 heterocycles. The van der Waals surface area contributed by atoms with Gasteiger partial charge in [0, 0.05) is 37.8 Å². The molecular weight excluding hydrogens is 416 g/mol. The number of aromatic nitrogens is 2. The summed E-state index contributed by atoms with van der Waals surface area (Å²) in [4.78, 5) is 25.3. The largest absolute Gasteiger partial charge is 0.497 e. The molecule has 0 bridgehead atoms.